The van der Waals surface area contributed by atoms with Crippen LogP contribution in [0.25, 0.3) is 0 Å². The summed E-state index contributed by atoms with van der Waals surface area (Å²) in [5, 5.41) is 0. The number of carbonyl (C=O) groups is 2. The Labute approximate surface area is 495 Å². The Morgan fingerprint density at radius 1 is 0.695 bits per heavy atom. The van der Waals surface area contributed by atoms with Crippen molar-refractivity contribution in [3.63, 3.8) is 0 Å². The van der Waals surface area contributed by atoms with Crippen LogP contribution in [0.5, 0.6) is 0 Å². The Morgan fingerprint density at radius 3 is 1.82 bits per heavy atom. The van der Waals surface area contributed by atoms with Gasteiger partial charge in [0.2, 0.25) is 0 Å². The van der Waals surface area contributed by atoms with E-state index in [0.29, 0.717) is 52.1 Å². The van der Waals surface area contributed by atoms with Crippen molar-refractivity contribution in [1.29, 1.82) is 0 Å². The van der Waals surface area contributed by atoms with Gasteiger partial charge in [0.05, 0.1) is 49.7 Å². The number of aldehydes is 1. The largest absolute Gasteiger partial charge is 0.508 e. The molecule has 5 aliphatic rings. The van der Waals surface area contributed by atoms with E-state index >= 15 is 4.79 Å². The van der Waals surface area contributed by atoms with Gasteiger partial charge in [0.15, 0.2) is 6.10 Å². The summed E-state index contributed by atoms with van der Waals surface area (Å²) in [6, 6.07) is 23.0. The molecular weight excluding hydrogens is 1090 g/mol. The third kappa shape index (κ3) is 16.0. The van der Waals surface area contributed by atoms with Crippen molar-refractivity contribution in [2.24, 2.45) is 40.4 Å². The zero-order valence-electron chi connectivity index (χ0n) is 52.4. The molecule has 0 amide bonds. The maximum absolute atomic E-state index is 15.3. The fourth-order valence-electron chi connectivity index (χ4n) is 14.6. The number of hydrogen-bond acceptors (Lipinski definition) is 14. The van der Waals surface area contributed by atoms with E-state index in [2.05, 4.69) is 92.3 Å². The van der Waals surface area contributed by atoms with Crippen LogP contribution in [0.15, 0.2) is 84.5 Å². The van der Waals surface area contributed by atoms with E-state index in [-0.39, 0.29) is 70.3 Å². The standard InChI is InChI=1S/C65H104O14Si3/c1-48(2)51-28-29-53(57(51)74-45-72-40-49-22-17-15-18-23-49)52-26-21-27-54(52)58(79-61(67)68-5)65(78-47-73-41-50-24-19-16-20-25-50)56-31-32-63(65,42-66)60(76-44-70-35-38-81(9,10)11)64(56)33-30-55(59(64)75-43-69-34-37-80(6,7)8)62(3,4)77-46-71-36-39-82(12,13)14/h15-20,22-25,27,42,51-53,55-60H,1,21,26,28-41,43-47H2,2-14H3/t51-,52-,53+,55+,56+,57+,58-,59-,60+,63+,64-,65+/m0/s1. The van der Waals surface area contributed by atoms with Gasteiger partial charge in [0.25, 0.3) is 0 Å². The molecule has 4 fully saturated rings. The highest BCUT2D eigenvalue weighted by molar-refractivity contribution is 6.76. The molecule has 2 aromatic rings. The first-order valence-corrected chi connectivity index (χ1v) is 41.7. The van der Waals surface area contributed by atoms with Crippen molar-refractivity contribution in [2.75, 3.05) is 60.9 Å². The van der Waals surface area contributed by atoms with Crippen LogP contribution in [-0.2, 0) is 74.9 Å². The Kier molecular flexibility index (Phi) is 23.7. The summed E-state index contributed by atoms with van der Waals surface area (Å²) in [7, 11) is -2.97. The van der Waals surface area contributed by atoms with Crippen LogP contribution in [0.1, 0.15) is 83.3 Å². The molecule has 0 heterocycles. The smallest absolute Gasteiger partial charge is 0.438 e. The van der Waals surface area contributed by atoms with Gasteiger partial charge < -0.3 is 61.6 Å². The first kappa shape index (κ1) is 66.6. The Morgan fingerprint density at radius 2 is 1.26 bits per heavy atom. The van der Waals surface area contributed by atoms with Crippen LogP contribution in [0, 0.1) is 40.4 Å². The van der Waals surface area contributed by atoms with E-state index in [1.165, 1.54) is 7.11 Å². The van der Waals surface area contributed by atoms with Crippen LogP contribution in [0.3, 0.4) is 0 Å². The van der Waals surface area contributed by atoms with Gasteiger partial charge >= 0.3 is 6.16 Å². The fraction of sp³-hybridized carbons (Fsp3) is 0.723. The SMILES string of the molecule is C=C(C)[C@@H]1CC[C@H]([C@@H]2CCC=C2[C@H](OC(=O)OC)[C@]2(OCOCc3ccccc3)[C@@H]3CC[C@@]2(C=O)[C@@H](OCOCC[Si](C)(C)C)[C@@]32CC[C@@H](C(C)(C)OCOCC[Si](C)(C)C)[C@@H]2OCOCC[Si](C)(C)C)[C@@H]1OCOCc1ccccc1. The molecule has 2 bridgehead atoms. The van der Waals surface area contributed by atoms with Gasteiger partial charge in [-0.15, -0.1) is 0 Å². The lowest BCUT2D eigenvalue weighted by molar-refractivity contribution is -0.234. The average Bonchev–Trinajstić information content (AvgIpc) is 2.19. The zero-order chi connectivity index (χ0) is 59.4. The van der Waals surface area contributed by atoms with E-state index in [4.69, 9.17) is 56.8 Å². The summed E-state index contributed by atoms with van der Waals surface area (Å²) in [6.45, 7) is 34.2. The van der Waals surface area contributed by atoms with E-state index < -0.39 is 76.6 Å². The van der Waals surface area contributed by atoms with Crippen molar-refractivity contribution in [2.45, 2.75) is 198 Å². The maximum Gasteiger partial charge on any atom is 0.508 e. The van der Waals surface area contributed by atoms with Crippen molar-refractivity contribution < 1.29 is 66.4 Å². The number of hydrogen-bond donors (Lipinski definition) is 0. The van der Waals surface area contributed by atoms with Gasteiger partial charge in [-0.05, 0) is 119 Å². The number of benzene rings is 2. The lowest BCUT2D eigenvalue weighted by Crippen LogP contribution is -2.61. The number of carbonyl (C=O) groups excluding carboxylic acids is 2. The van der Waals surface area contributed by atoms with Gasteiger partial charge in [-0.3, -0.25) is 0 Å². The van der Waals surface area contributed by atoms with Gasteiger partial charge in [0.1, 0.15) is 45.9 Å². The summed E-state index contributed by atoms with van der Waals surface area (Å²) < 4.78 is 80.5. The summed E-state index contributed by atoms with van der Waals surface area (Å²) in [5.41, 5.74) is -0.733. The van der Waals surface area contributed by atoms with E-state index in [0.717, 1.165) is 72.4 Å². The van der Waals surface area contributed by atoms with Crippen molar-refractivity contribution in [3.05, 3.63) is 95.6 Å². The molecule has 0 N–H and O–H groups in total. The molecule has 0 saturated heterocycles. The summed E-state index contributed by atoms with van der Waals surface area (Å²) in [4.78, 5) is 29.7. The normalized spacial score (nSPS) is 29.6. The monoisotopic (exact) mass is 1190 g/mol. The number of fused-ring (bicyclic) bond motifs is 3. The van der Waals surface area contributed by atoms with Gasteiger partial charge in [-0.25, -0.2) is 4.79 Å². The maximum atomic E-state index is 15.3. The Hall–Kier alpha value is -2.89. The average molecular weight is 1190 g/mol. The molecule has 7 rings (SSSR count). The van der Waals surface area contributed by atoms with E-state index in [1.54, 1.807) is 0 Å². The summed E-state index contributed by atoms with van der Waals surface area (Å²) in [5.74, 6) is -0.790. The predicted octanol–water partition coefficient (Wildman–Crippen LogP) is 14.1. The molecule has 17 heteroatoms. The molecule has 0 unspecified atom stereocenters. The van der Waals surface area contributed by atoms with Crippen molar-refractivity contribution >= 4 is 36.7 Å². The minimum absolute atomic E-state index is 0.0101. The quantitative estimate of drug-likeness (QED) is 0.0161. The third-order valence-electron chi connectivity index (χ3n) is 18.8. The molecule has 0 aromatic heterocycles. The lowest BCUT2D eigenvalue weighted by atomic mass is 9.64. The second-order valence-electron chi connectivity index (χ2n) is 28.4. The van der Waals surface area contributed by atoms with Crippen LogP contribution in [0.4, 0.5) is 4.79 Å². The second-order valence-corrected chi connectivity index (χ2v) is 45.3. The molecule has 5 aliphatic carbocycles. The first-order valence-electron chi connectivity index (χ1n) is 30.6. The number of allylic oxidation sites excluding steroid dienone is 1. The summed E-state index contributed by atoms with van der Waals surface area (Å²) >= 11 is 0. The second kappa shape index (κ2) is 29.2. The third-order valence-corrected chi connectivity index (χ3v) is 23.9. The van der Waals surface area contributed by atoms with Crippen LogP contribution >= 0.6 is 0 Å². The minimum atomic E-state index is -1.57. The number of rotatable bonds is 35. The number of methoxy groups -OCH3 is 1. The molecule has 82 heavy (non-hydrogen) atoms. The lowest BCUT2D eigenvalue weighted by Gasteiger charge is -2.48. The van der Waals surface area contributed by atoms with E-state index in [1.807, 2.05) is 60.7 Å². The predicted molar refractivity (Wildman–Crippen MR) is 328 cm³/mol. The van der Waals surface area contributed by atoms with Crippen LogP contribution in [-0.4, -0.2) is 133 Å². The Bertz CT molecular complexity index is 2350. The number of ether oxygens (including phenoxy) is 12. The van der Waals surface area contributed by atoms with Crippen molar-refractivity contribution in [3.8, 4) is 0 Å². The van der Waals surface area contributed by atoms with Gasteiger partial charge in [-0.1, -0.05) is 138 Å². The molecule has 0 radical (unpaired) electrons. The highest BCUT2D eigenvalue weighted by Gasteiger charge is 2.86. The topological polar surface area (TPSA) is 145 Å². The molecule has 4 saturated carbocycles. The Balaban J connectivity index is 1.36. The molecule has 2 aromatic carbocycles. The molecule has 12 atom stereocenters. The minimum Gasteiger partial charge on any atom is -0.438 e. The van der Waals surface area contributed by atoms with E-state index in [9.17, 15) is 4.79 Å². The van der Waals surface area contributed by atoms with Crippen LogP contribution < -0.4 is 0 Å². The summed E-state index contributed by atoms with van der Waals surface area (Å²) in [6.07, 6.45) is 5.05. The molecule has 14 nitrogen and oxygen atoms in total. The van der Waals surface area contributed by atoms with Crippen molar-refractivity contribution in [1.82, 2.24) is 0 Å². The molecule has 460 valence electrons. The molecule has 0 aliphatic heterocycles. The zero-order valence-corrected chi connectivity index (χ0v) is 55.4. The van der Waals surface area contributed by atoms with Gasteiger partial charge in [-0.2, -0.15) is 0 Å². The highest BCUT2D eigenvalue weighted by Crippen LogP contribution is 2.77. The van der Waals surface area contributed by atoms with Gasteiger partial charge in [0, 0.05) is 67.2 Å². The molecule has 1 spiro atoms. The van der Waals surface area contributed by atoms with Crippen LogP contribution in [0.2, 0.25) is 77.1 Å². The highest BCUT2D eigenvalue weighted by atomic mass is 28.3. The first-order chi connectivity index (χ1) is 38.9. The fourth-order valence-corrected chi connectivity index (χ4v) is 16.9. The molecular formula is C65H104O14Si3.